The van der Waals surface area contributed by atoms with E-state index >= 15 is 0 Å². The van der Waals surface area contributed by atoms with Crippen molar-refractivity contribution in [2.75, 3.05) is 13.2 Å². The highest BCUT2D eigenvalue weighted by atomic mass is 35.5. The summed E-state index contributed by atoms with van der Waals surface area (Å²) in [4.78, 5) is 3.77. The van der Waals surface area contributed by atoms with Gasteiger partial charge in [0.2, 0.25) is 0 Å². The van der Waals surface area contributed by atoms with Crippen molar-refractivity contribution in [3.8, 4) is 5.75 Å². The second kappa shape index (κ2) is 4.16. The predicted molar refractivity (Wildman–Crippen MR) is 41.8 cm³/mol. The van der Waals surface area contributed by atoms with Crippen molar-refractivity contribution in [3.63, 3.8) is 0 Å². The number of aromatic nitrogens is 1. The smallest absolute Gasteiger partial charge is 0.132 e. The summed E-state index contributed by atoms with van der Waals surface area (Å²) >= 11 is 5.57. The molecule has 0 saturated heterocycles. The van der Waals surface area contributed by atoms with Crippen molar-refractivity contribution in [1.82, 2.24) is 4.98 Å². The zero-order valence-corrected chi connectivity index (χ0v) is 6.58. The Balaban J connectivity index is 2.56. The minimum atomic E-state index is -0.0000576. The number of aliphatic hydroxyl groups excluding tert-OH is 1. The van der Waals surface area contributed by atoms with E-state index in [0.717, 1.165) is 0 Å². The molecule has 0 fully saturated rings. The van der Waals surface area contributed by atoms with E-state index in [-0.39, 0.29) is 13.2 Å². The number of ether oxygens (including phenoxy) is 1. The molecule has 1 aromatic heterocycles. The van der Waals surface area contributed by atoms with Crippen LogP contribution in [0, 0.1) is 0 Å². The molecule has 0 saturated carbocycles. The maximum Gasteiger partial charge on any atom is 0.132 e. The predicted octanol–water partition coefficient (Wildman–Crippen LogP) is 1.11. The molecule has 0 spiro atoms. The molecule has 4 heteroatoms. The van der Waals surface area contributed by atoms with Crippen molar-refractivity contribution in [2.45, 2.75) is 0 Å². The van der Waals surface area contributed by atoms with Gasteiger partial charge in [0.25, 0.3) is 0 Å². The van der Waals surface area contributed by atoms with Crippen LogP contribution in [0.5, 0.6) is 5.75 Å². The molecule has 11 heavy (non-hydrogen) atoms. The van der Waals surface area contributed by atoms with Gasteiger partial charge in [-0.25, -0.2) is 4.98 Å². The first-order valence-corrected chi connectivity index (χ1v) is 3.56. The number of rotatable bonds is 3. The van der Waals surface area contributed by atoms with Gasteiger partial charge in [0.1, 0.15) is 17.5 Å². The number of pyridine rings is 1. The SMILES string of the molecule is OCCOc1ccnc(Cl)c1. The molecule has 0 aliphatic rings. The third-order valence-electron chi connectivity index (χ3n) is 1.06. The lowest BCUT2D eigenvalue weighted by Crippen LogP contribution is -2.01. The van der Waals surface area contributed by atoms with Gasteiger partial charge in [-0.2, -0.15) is 0 Å². The van der Waals surface area contributed by atoms with Crippen molar-refractivity contribution in [3.05, 3.63) is 23.5 Å². The van der Waals surface area contributed by atoms with Gasteiger partial charge in [-0.05, 0) is 6.07 Å². The summed E-state index contributed by atoms with van der Waals surface area (Å²) in [5.41, 5.74) is 0. The fourth-order valence-corrected chi connectivity index (χ4v) is 0.802. The molecular formula is C7H8ClNO2. The second-order valence-electron chi connectivity index (χ2n) is 1.89. The van der Waals surface area contributed by atoms with Crippen LogP contribution in [0.4, 0.5) is 0 Å². The quantitative estimate of drug-likeness (QED) is 0.697. The average Bonchev–Trinajstić information content (AvgIpc) is 2.01. The molecule has 0 aliphatic carbocycles. The molecule has 0 unspecified atom stereocenters. The first-order valence-electron chi connectivity index (χ1n) is 3.18. The summed E-state index contributed by atoms with van der Waals surface area (Å²) in [5, 5.41) is 8.81. The van der Waals surface area contributed by atoms with Crippen molar-refractivity contribution in [2.24, 2.45) is 0 Å². The molecule has 1 N–H and O–H groups in total. The van der Waals surface area contributed by atoms with Crippen molar-refractivity contribution >= 4 is 11.6 Å². The van der Waals surface area contributed by atoms with Gasteiger partial charge in [-0.3, -0.25) is 0 Å². The summed E-state index contributed by atoms with van der Waals surface area (Å²) in [5.74, 6) is 0.624. The first-order chi connectivity index (χ1) is 5.33. The maximum atomic E-state index is 8.42. The molecule has 60 valence electrons. The first kappa shape index (κ1) is 8.30. The molecular weight excluding hydrogens is 166 g/mol. The molecule has 3 nitrogen and oxygen atoms in total. The number of halogens is 1. The zero-order chi connectivity index (χ0) is 8.10. The summed E-state index contributed by atoms with van der Waals surface area (Å²) in [7, 11) is 0. The molecule has 1 aromatic rings. The molecule has 0 aromatic carbocycles. The lowest BCUT2D eigenvalue weighted by molar-refractivity contribution is 0.201. The third kappa shape index (κ3) is 2.74. The molecule has 0 radical (unpaired) electrons. The van der Waals surface area contributed by atoms with E-state index in [4.69, 9.17) is 21.4 Å². The Morgan fingerprint density at radius 2 is 2.45 bits per heavy atom. The van der Waals surface area contributed by atoms with Crippen LogP contribution < -0.4 is 4.74 Å². The number of aliphatic hydroxyl groups is 1. The second-order valence-corrected chi connectivity index (χ2v) is 2.27. The summed E-state index contributed by atoms with van der Waals surface area (Å²) in [6.45, 7) is 0.278. The molecule has 1 rings (SSSR count). The van der Waals surface area contributed by atoms with Gasteiger partial charge >= 0.3 is 0 Å². The van der Waals surface area contributed by atoms with Crippen molar-refractivity contribution < 1.29 is 9.84 Å². The minimum Gasteiger partial charge on any atom is -0.491 e. The topological polar surface area (TPSA) is 42.4 Å². The Bertz CT molecular complexity index is 229. The molecule has 0 atom stereocenters. The summed E-state index contributed by atoms with van der Waals surface area (Å²) in [6.07, 6.45) is 1.55. The lowest BCUT2D eigenvalue weighted by atomic mass is 10.4. The highest BCUT2D eigenvalue weighted by Crippen LogP contribution is 2.13. The van der Waals surface area contributed by atoms with E-state index in [2.05, 4.69) is 4.98 Å². The van der Waals surface area contributed by atoms with Crippen LogP contribution in [0.3, 0.4) is 0 Å². The van der Waals surface area contributed by atoms with Crippen molar-refractivity contribution in [1.29, 1.82) is 0 Å². The van der Waals surface area contributed by atoms with E-state index in [1.807, 2.05) is 0 Å². The van der Waals surface area contributed by atoms with Crippen LogP contribution in [0.25, 0.3) is 0 Å². The van der Waals surface area contributed by atoms with Crippen LogP contribution in [0.1, 0.15) is 0 Å². The molecule has 0 amide bonds. The zero-order valence-electron chi connectivity index (χ0n) is 5.83. The Labute approximate surface area is 69.6 Å². The van der Waals surface area contributed by atoms with E-state index < -0.39 is 0 Å². The Morgan fingerprint density at radius 3 is 3.09 bits per heavy atom. The standard InChI is InChI=1S/C7H8ClNO2/c8-7-5-6(1-2-9-7)11-4-3-10/h1-2,5,10H,3-4H2. The van der Waals surface area contributed by atoms with Crippen LogP contribution in [0.2, 0.25) is 5.15 Å². The lowest BCUT2D eigenvalue weighted by Gasteiger charge is -2.02. The number of hydrogen-bond acceptors (Lipinski definition) is 3. The fourth-order valence-electron chi connectivity index (χ4n) is 0.638. The van der Waals surface area contributed by atoms with Crippen LogP contribution in [-0.4, -0.2) is 23.3 Å². The number of hydrogen-bond donors (Lipinski definition) is 1. The minimum absolute atomic E-state index is 0.0000576. The van der Waals surface area contributed by atoms with Crippen LogP contribution >= 0.6 is 11.6 Å². The normalized spacial score (nSPS) is 9.64. The highest BCUT2D eigenvalue weighted by molar-refractivity contribution is 6.29. The van der Waals surface area contributed by atoms with Gasteiger partial charge < -0.3 is 9.84 Å². The third-order valence-corrected chi connectivity index (χ3v) is 1.26. The van der Waals surface area contributed by atoms with Crippen LogP contribution in [-0.2, 0) is 0 Å². The molecule has 0 aliphatic heterocycles. The maximum absolute atomic E-state index is 8.42. The van der Waals surface area contributed by atoms with Gasteiger partial charge in [-0.1, -0.05) is 11.6 Å². The van der Waals surface area contributed by atoms with Gasteiger partial charge in [0, 0.05) is 12.3 Å². The Kier molecular flexibility index (Phi) is 3.14. The molecule has 0 bridgehead atoms. The largest absolute Gasteiger partial charge is 0.491 e. The summed E-state index contributed by atoms with van der Waals surface area (Å²) in [6, 6.07) is 3.28. The average molecular weight is 174 g/mol. The van der Waals surface area contributed by atoms with E-state index in [1.54, 1.807) is 18.3 Å². The Morgan fingerprint density at radius 1 is 1.64 bits per heavy atom. The van der Waals surface area contributed by atoms with E-state index in [1.165, 1.54) is 0 Å². The van der Waals surface area contributed by atoms with Crippen LogP contribution in [0.15, 0.2) is 18.3 Å². The monoisotopic (exact) mass is 173 g/mol. The summed E-state index contributed by atoms with van der Waals surface area (Å²) < 4.78 is 5.06. The number of nitrogens with zero attached hydrogens (tertiary/aromatic N) is 1. The van der Waals surface area contributed by atoms with Gasteiger partial charge in [-0.15, -0.1) is 0 Å². The van der Waals surface area contributed by atoms with E-state index in [9.17, 15) is 0 Å². The fraction of sp³-hybridized carbons (Fsp3) is 0.286. The van der Waals surface area contributed by atoms with Gasteiger partial charge in [0.15, 0.2) is 0 Å². The molecule has 1 heterocycles. The van der Waals surface area contributed by atoms with E-state index in [0.29, 0.717) is 10.9 Å². The highest BCUT2D eigenvalue weighted by Gasteiger charge is 1.93. The van der Waals surface area contributed by atoms with Gasteiger partial charge in [0.05, 0.1) is 6.61 Å². The Hall–Kier alpha value is -0.800.